The van der Waals surface area contributed by atoms with Crippen LogP contribution in [-0.4, -0.2) is 20.7 Å². The van der Waals surface area contributed by atoms with Gasteiger partial charge in [0.1, 0.15) is 5.82 Å². The highest BCUT2D eigenvalue weighted by Gasteiger charge is 2.29. The lowest BCUT2D eigenvalue weighted by atomic mass is 9.94. The second-order valence-electron chi connectivity index (χ2n) is 6.45. The van der Waals surface area contributed by atoms with Gasteiger partial charge in [-0.15, -0.1) is 10.2 Å². The van der Waals surface area contributed by atoms with Gasteiger partial charge in [-0.25, -0.2) is 0 Å². The normalized spacial score (nSPS) is 21.1. The van der Waals surface area contributed by atoms with Crippen LogP contribution in [0.4, 0.5) is 5.95 Å². The van der Waals surface area contributed by atoms with Crippen molar-refractivity contribution in [3.63, 3.8) is 0 Å². The summed E-state index contributed by atoms with van der Waals surface area (Å²) < 4.78 is 2.07. The number of hydrogen-bond donors (Lipinski definition) is 1. The molecule has 110 valence electrons. The molecule has 0 spiro atoms. The number of amides is 1. The van der Waals surface area contributed by atoms with E-state index in [2.05, 4.69) is 20.1 Å². The molecule has 0 saturated heterocycles. The van der Waals surface area contributed by atoms with Gasteiger partial charge >= 0.3 is 0 Å². The predicted molar refractivity (Wildman–Crippen MR) is 77.4 cm³/mol. The van der Waals surface area contributed by atoms with E-state index in [1.807, 2.05) is 13.8 Å². The molecule has 1 aromatic heterocycles. The van der Waals surface area contributed by atoms with E-state index in [1.54, 1.807) is 0 Å². The summed E-state index contributed by atoms with van der Waals surface area (Å²) in [6, 6.07) is 0.491. The molecule has 2 aliphatic rings. The molecular weight excluding hydrogens is 252 g/mol. The monoisotopic (exact) mass is 276 g/mol. The maximum Gasteiger partial charge on any atom is 0.231 e. The second kappa shape index (κ2) is 5.54. The minimum absolute atomic E-state index is 0.0581. The number of aromatic nitrogens is 3. The molecule has 0 aromatic carbocycles. The molecule has 2 aliphatic carbocycles. The van der Waals surface area contributed by atoms with E-state index >= 15 is 0 Å². The number of aryl methyl sites for hydroxylation is 1. The quantitative estimate of drug-likeness (QED) is 0.899. The van der Waals surface area contributed by atoms with Gasteiger partial charge in [-0.05, 0) is 32.1 Å². The molecule has 20 heavy (non-hydrogen) atoms. The Hall–Kier alpha value is -1.39. The van der Waals surface area contributed by atoms with Gasteiger partial charge in [0.15, 0.2) is 0 Å². The van der Waals surface area contributed by atoms with E-state index in [1.165, 1.54) is 38.5 Å². The molecule has 2 fully saturated rings. The van der Waals surface area contributed by atoms with Gasteiger partial charge in [-0.2, -0.15) is 0 Å². The zero-order valence-corrected chi connectivity index (χ0v) is 12.4. The van der Waals surface area contributed by atoms with Crippen LogP contribution >= 0.6 is 0 Å². The van der Waals surface area contributed by atoms with Gasteiger partial charge in [0, 0.05) is 12.0 Å². The molecule has 1 N–H and O–H groups in total. The molecule has 1 heterocycles. The number of rotatable bonds is 5. The molecular formula is C15H24N4O. The van der Waals surface area contributed by atoms with Crippen molar-refractivity contribution in [1.82, 2.24) is 14.8 Å². The number of anilines is 1. The van der Waals surface area contributed by atoms with Crippen molar-refractivity contribution in [3.8, 4) is 0 Å². The summed E-state index contributed by atoms with van der Waals surface area (Å²) in [7, 11) is 0. The van der Waals surface area contributed by atoms with Crippen molar-refractivity contribution >= 4 is 11.9 Å². The van der Waals surface area contributed by atoms with Gasteiger partial charge in [0.05, 0.1) is 0 Å². The molecule has 1 atom stereocenters. The molecule has 5 heteroatoms. The first kappa shape index (κ1) is 13.6. The Bertz CT molecular complexity index is 486. The van der Waals surface area contributed by atoms with Crippen molar-refractivity contribution in [1.29, 1.82) is 0 Å². The molecule has 1 unspecified atom stereocenters. The maximum atomic E-state index is 12.3. The first-order valence-electron chi connectivity index (χ1n) is 7.87. The lowest BCUT2D eigenvalue weighted by Crippen LogP contribution is -2.24. The lowest BCUT2D eigenvalue weighted by Gasteiger charge is -2.16. The highest BCUT2D eigenvalue weighted by molar-refractivity contribution is 5.90. The largest absolute Gasteiger partial charge is 0.294 e. The van der Waals surface area contributed by atoms with Gasteiger partial charge in [-0.3, -0.25) is 14.7 Å². The lowest BCUT2D eigenvalue weighted by molar-refractivity contribution is -0.119. The highest BCUT2D eigenvalue weighted by Crippen LogP contribution is 2.38. The van der Waals surface area contributed by atoms with Crippen LogP contribution in [-0.2, 0) is 4.79 Å². The number of nitrogens with zero attached hydrogens (tertiary/aromatic N) is 3. The Morgan fingerprint density at radius 3 is 2.65 bits per heavy atom. The first-order chi connectivity index (χ1) is 9.65. The fourth-order valence-electron chi connectivity index (χ4n) is 3.31. The molecule has 1 aromatic rings. The van der Waals surface area contributed by atoms with Gasteiger partial charge in [-0.1, -0.05) is 32.6 Å². The number of carbonyl (C=O) groups is 1. The second-order valence-corrected chi connectivity index (χ2v) is 6.45. The van der Waals surface area contributed by atoms with Crippen LogP contribution in [0.1, 0.15) is 63.7 Å². The SMILES string of the molecule is Cc1nnc(NC(=O)C(C)CC2CCCC2)n1C1CC1. The number of hydrogen-bond acceptors (Lipinski definition) is 3. The fraction of sp³-hybridized carbons (Fsp3) is 0.800. The van der Waals surface area contributed by atoms with Crippen molar-refractivity contribution in [2.24, 2.45) is 11.8 Å². The van der Waals surface area contributed by atoms with E-state index < -0.39 is 0 Å². The first-order valence-corrected chi connectivity index (χ1v) is 7.87. The van der Waals surface area contributed by atoms with Crippen LogP contribution in [0.25, 0.3) is 0 Å². The third-order valence-corrected chi connectivity index (χ3v) is 4.62. The van der Waals surface area contributed by atoms with Crippen LogP contribution in [0.15, 0.2) is 0 Å². The van der Waals surface area contributed by atoms with E-state index in [9.17, 15) is 4.79 Å². The van der Waals surface area contributed by atoms with Crippen LogP contribution in [0, 0.1) is 18.8 Å². The zero-order valence-electron chi connectivity index (χ0n) is 12.4. The summed E-state index contributed by atoms with van der Waals surface area (Å²) >= 11 is 0. The van der Waals surface area contributed by atoms with Crippen LogP contribution in [0.5, 0.6) is 0 Å². The van der Waals surface area contributed by atoms with Crippen LogP contribution in [0.3, 0.4) is 0 Å². The summed E-state index contributed by atoms with van der Waals surface area (Å²) in [6.07, 6.45) is 8.56. The molecule has 1 amide bonds. The zero-order chi connectivity index (χ0) is 14.1. The van der Waals surface area contributed by atoms with Crippen molar-refractivity contribution in [2.75, 3.05) is 5.32 Å². The smallest absolute Gasteiger partial charge is 0.231 e. The fourth-order valence-corrected chi connectivity index (χ4v) is 3.31. The summed E-state index contributed by atoms with van der Waals surface area (Å²) in [5.74, 6) is 2.41. The Balaban J connectivity index is 1.60. The molecule has 2 saturated carbocycles. The Labute approximate surface area is 120 Å². The molecule has 0 aliphatic heterocycles. The summed E-state index contributed by atoms with van der Waals surface area (Å²) in [5.41, 5.74) is 0. The van der Waals surface area contributed by atoms with Crippen molar-refractivity contribution < 1.29 is 4.79 Å². The minimum Gasteiger partial charge on any atom is -0.294 e. The minimum atomic E-state index is 0.0581. The van der Waals surface area contributed by atoms with E-state index in [0.29, 0.717) is 12.0 Å². The Kier molecular flexibility index (Phi) is 3.76. The average Bonchev–Trinajstić information content (AvgIpc) is 3.00. The summed E-state index contributed by atoms with van der Waals surface area (Å²) in [4.78, 5) is 12.3. The van der Waals surface area contributed by atoms with Gasteiger partial charge in [0.25, 0.3) is 0 Å². The molecule has 5 nitrogen and oxygen atoms in total. The van der Waals surface area contributed by atoms with Gasteiger partial charge in [0.2, 0.25) is 11.9 Å². The standard InChI is InChI=1S/C15H24N4O/c1-10(9-12-5-3-4-6-12)14(20)16-15-18-17-11(2)19(15)13-7-8-13/h10,12-13H,3-9H2,1-2H3,(H,16,18,20). The molecule has 0 bridgehead atoms. The summed E-state index contributed by atoms with van der Waals surface area (Å²) in [5, 5.41) is 11.2. The third-order valence-electron chi connectivity index (χ3n) is 4.62. The van der Waals surface area contributed by atoms with Crippen molar-refractivity contribution in [3.05, 3.63) is 5.82 Å². The van der Waals surface area contributed by atoms with Gasteiger partial charge < -0.3 is 0 Å². The van der Waals surface area contributed by atoms with E-state index in [4.69, 9.17) is 0 Å². The topological polar surface area (TPSA) is 59.8 Å². The highest BCUT2D eigenvalue weighted by atomic mass is 16.2. The molecule has 0 radical (unpaired) electrons. The molecule has 3 rings (SSSR count). The third kappa shape index (κ3) is 2.86. The van der Waals surface area contributed by atoms with Crippen LogP contribution < -0.4 is 5.32 Å². The maximum absolute atomic E-state index is 12.3. The number of carbonyl (C=O) groups excluding carboxylic acids is 1. The number of nitrogens with one attached hydrogen (secondary N) is 1. The van der Waals surface area contributed by atoms with Crippen LogP contribution in [0.2, 0.25) is 0 Å². The Morgan fingerprint density at radius 2 is 2.00 bits per heavy atom. The summed E-state index contributed by atoms with van der Waals surface area (Å²) in [6.45, 7) is 3.97. The predicted octanol–water partition coefficient (Wildman–Crippen LogP) is 3.08. The van der Waals surface area contributed by atoms with E-state index in [-0.39, 0.29) is 11.8 Å². The average molecular weight is 276 g/mol. The Morgan fingerprint density at radius 1 is 1.30 bits per heavy atom. The van der Waals surface area contributed by atoms with E-state index in [0.717, 1.165) is 18.2 Å². The van der Waals surface area contributed by atoms with Crippen molar-refractivity contribution in [2.45, 2.75) is 64.8 Å².